The van der Waals surface area contributed by atoms with Crippen molar-refractivity contribution in [1.82, 2.24) is 0 Å². The Morgan fingerprint density at radius 3 is 2.42 bits per heavy atom. The predicted octanol–water partition coefficient (Wildman–Crippen LogP) is 3.44. The molecule has 0 radical (unpaired) electrons. The number of nitrogens with two attached hydrogens (primary N) is 1. The second-order valence-corrected chi connectivity index (χ2v) is 4.89. The molecular weight excluding hydrogens is 258 g/mol. The summed E-state index contributed by atoms with van der Waals surface area (Å²) in [5.41, 5.74) is 9.05. The highest BCUT2D eigenvalue weighted by Crippen LogP contribution is 2.30. The molecule has 3 heteroatoms. The predicted molar refractivity (Wildman–Crippen MR) is 80.0 cm³/mol. The molecule has 19 heavy (non-hydrogen) atoms. The molecule has 0 spiro atoms. The average Bonchev–Trinajstić information content (AvgIpc) is 2.40. The van der Waals surface area contributed by atoms with Crippen LogP contribution in [0, 0.1) is 0 Å². The number of ether oxygens (including phenoxy) is 1. The van der Waals surface area contributed by atoms with Gasteiger partial charge in [-0.3, -0.25) is 0 Å². The van der Waals surface area contributed by atoms with Crippen LogP contribution in [-0.4, -0.2) is 13.7 Å². The van der Waals surface area contributed by atoms with E-state index in [2.05, 4.69) is 12.1 Å². The SMILES string of the molecule is COc1c(CCN)cc(Cl)cc1Cc1ccccc1. The summed E-state index contributed by atoms with van der Waals surface area (Å²) in [7, 11) is 1.69. The van der Waals surface area contributed by atoms with E-state index in [9.17, 15) is 0 Å². The van der Waals surface area contributed by atoms with Gasteiger partial charge in [0.05, 0.1) is 7.11 Å². The summed E-state index contributed by atoms with van der Waals surface area (Å²) in [6.07, 6.45) is 1.58. The van der Waals surface area contributed by atoms with Crippen LogP contribution in [0.3, 0.4) is 0 Å². The number of halogens is 1. The van der Waals surface area contributed by atoms with Crippen LogP contribution in [-0.2, 0) is 12.8 Å². The Balaban J connectivity index is 2.38. The minimum Gasteiger partial charge on any atom is -0.496 e. The van der Waals surface area contributed by atoms with Crippen molar-refractivity contribution in [3.63, 3.8) is 0 Å². The highest BCUT2D eigenvalue weighted by atomic mass is 35.5. The summed E-state index contributed by atoms with van der Waals surface area (Å²) in [6.45, 7) is 0.585. The van der Waals surface area contributed by atoms with Gasteiger partial charge in [-0.1, -0.05) is 41.9 Å². The fourth-order valence-corrected chi connectivity index (χ4v) is 2.53. The lowest BCUT2D eigenvalue weighted by Crippen LogP contribution is -2.06. The van der Waals surface area contributed by atoms with Crippen LogP contribution in [0.5, 0.6) is 5.75 Å². The van der Waals surface area contributed by atoms with E-state index in [0.29, 0.717) is 6.54 Å². The summed E-state index contributed by atoms with van der Waals surface area (Å²) >= 11 is 6.18. The molecule has 0 aliphatic carbocycles. The maximum absolute atomic E-state index is 6.18. The van der Waals surface area contributed by atoms with Crippen molar-refractivity contribution in [2.24, 2.45) is 5.73 Å². The zero-order chi connectivity index (χ0) is 13.7. The molecule has 2 aromatic rings. The molecule has 0 aromatic heterocycles. The normalized spacial score (nSPS) is 10.5. The number of hydrogen-bond donors (Lipinski definition) is 1. The van der Waals surface area contributed by atoms with Crippen molar-refractivity contribution in [3.8, 4) is 5.75 Å². The van der Waals surface area contributed by atoms with Gasteiger partial charge in [0.1, 0.15) is 5.75 Å². The Hall–Kier alpha value is -1.51. The fraction of sp³-hybridized carbons (Fsp3) is 0.250. The lowest BCUT2D eigenvalue weighted by molar-refractivity contribution is 0.405. The van der Waals surface area contributed by atoms with Crippen LogP contribution >= 0.6 is 11.6 Å². The Bertz CT molecular complexity index is 540. The first-order valence-electron chi connectivity index (χ1n) is 6.34. The zero-order valence-corrected chi connectivity index (χ0v) is 11.8. The molecule has 0 atom stereocenters. The van der Waals surface area contributed by atoms with Gasteiger partial charge in [0.15, 0.2) is 0 Å². The van der Waals surface area contributed by atoms with E-state index < -0.39 is 0 Å². The van der Waals surface area contributed by atoms with Crippen LogP contribution in [0.4, 0.5) is 0 Å². The molecule has 0 saturated heterocycles. The van der Waals surface area contributed by atoms with Crippen molar-refractivity contribution in [2.45, 2.75) is 12.8 Å². The molecule has 0 unspecified atom stereocenters. The third-order valence-electron chi connectivity index (χ3n) is 3.06. The minimum atomic E-state index is 0.585. The third kappa shape index (κ3) is 3.49. The maximum atomic E-state index is 6.18. The van der Waals surface area contributed by atoms with Crippen LogP contribution in [0.25, 0.3) is 0 Å². The van der Waals surface area contributed by atoms with E-state index in [1.807, 2.05) is 30.3 Å². The van der Waals surface area contributed by atoms with Crippen molar-refractivity contribution < 1.29 is 4.74 Å². The van der Waals surface area contributed by atoms with Gasteiger partial charge in [-0.2, -0.15) is 0 Å². The number of benzene rings is 2. The van der Waals surface area contributed by atoms with Crippen molar-refractivity contribution >= 4 is 11.6 Å². The quantitative estimate of drug-likeness (QED) is 0.907. The molecule has 2 rings (SSSR count). The van der Waals surface area contributed by atoms with Gasteiger partial charge in [-0.25, -0.2) is 0 Å². The van der Waals surface area contributed by atoms with E-state index in [1.165, 1.54) is 5.56 Å². The van der Waals surface area contributed by atoms with Gasteiger partial charge < -0.3 is 10.5 Å². The summed E-state index contributed by atoms with van der Waals surface area (Å²) in [5.74, 6) is 0.902. The van der Waals surface area contributed by atoms with Gasteiger partial charge in [-0.15, -0.1) is 0 Å². The van der Waals surface area contributed by atoms with Crippen molar-refractivity contribution in [3.05, 3.63) is 64.2 Å². The first-order chi connectivity index (χ1) is 9.24. The van der Waals surface area contributed by atoms with Crippen LogP contribution in [0.1, 0.15) is 16.7 Å². The molecule has 0 heterocycles. The highest BCUT2D eigenvalue weighted by molar-refractivity contribution is 6.30. The van der Waals surface area contributed by atoms with Crippen molar-refractivity contribution in [1.29, 1.82) is 0 Å². The molecule has 0 fully saturated rings. The van der Waals surface area contributed by atoms with E-state index in [4.69, 9.17) is 22.1 Å². The molecule has 2 aromatic carbocycles. The van der Waals surface area contributed by atoms with E-state index >= 15 is 0 Å². The summed E-state index contributed by atoms with van der Waals surface area (Å²) < 4.78 is 5.54. The zero-order valence-electron chi connectivity index (χ0n) is 11.0. The fourth-order valence-electron chi connectivity index (χ4n) is 2.26. The maximum Gasteiger partial charge on any atom is 0.125 e. The monoisotopic (exact) mass is 275 g/mol. The van der Waals surface area contributed by atoms with Gasteiger partial charge in [-0.05, 0) is 36.2 Å². The van der Waals surface area contributed by atoms with Crippen LogP contribution in [0.15, 0.2) is 42.5 Å². The second kappa shape index (κ2) is 6.60. The van der Waals surface area contributed by atoms with Gasteiger partial charge in [0, 0.05) is 17.0 Å². The highest BCUT2D eigenvalue weighted by Gasteiger charge is 2.11. The Labute approximate surface area is 119 Å². The van der Waals surface area contributed by atoms with E-state index in [1.54, 1.807) is 7.11 Å². The molecule has 2 nitrogen and oxygen atoms in total. The van der Waals surface area contributed by atoms with Crippen molar-refractivity contribution in [2.75, 3.05) is 13.7 Å². The summed E-state index contributed by atoms with van der Waals surface area (Å²) in [6, 6.07) is 14.2. The minimum absolute atomic E-state index is 0.585. The largest absolute Gasteiger partial charge is 0.496 e. The topological polar surface area (TPSA) is 35.2 Å². The standard InChI is InChI=1S/C16H18ClNO/c1-19-16-13(7-8-18)10-15(17)11-14(16)9-12-5-3-2-4-6-12/h2-6,10-11H,7-9,18H2,1H3. The molecule has 100 valence electrons. The summed E-state index contributed by atoms with van der Waals surface area (Å²) in [5, 5.41) is 0.732. The van der Waals surface area contributed by atoms with Gasteiger partial charge in [0.25, 0.3) is 0 Å². The van der Waals surface area contributed by atoms with E-state index in [0.717, 1.165) is 34.7 Å². The molecule has 2 N–H and O–H groups in total. The first-order valence-corrected chi connectivity index (χ1v) is 6.71. The molecule has 0 bridgehead atoms. The van der Waals surface area contributed by atoms with Gasteiger partial charge >= 0.3 is 0 Å². The average molecular weight is 276 g/mol. The molecule has 0 aliphatic rings. The molecular formula is C16H18ClNO. The Morgan fingerprint density at radius 2 is 1.79 bits per heavy atom. The number of rotatable bonds is 5. The Morgan fingerprint density at radius 1 is 1.11 bits per heavy atom. The first kappa shape index (κ1) is 13.9. The van der Waals surface area contributed by atoms with Gasteiger partial charge in [0.2, 0.25) is 0 Å². The molecule has 0 aliphatic heterocycles. The number of methoxy groups -OCH3 is 1. The molecule has 0 amide bonds. The Kier molecular flexibility index (Phi) is 4.83. The van der Waals surface area contributed by atoms with E-state index in [-0.39, 0.29) is 0 Å². The van der Waals surface area contributed by atoms with Crippen LogP contribution < -0.4 is 10.5 Å². The number of hydrogen-bond acceptors (Lipinski definition) is 2. The smallest absolute Gasteiger partial charge is 0.125 e. The lowest BCUT2D eigenvalue weighted by Gasteiger charge is -2.14. The summed E-state index contributed by atoms with van der Waals surface area (Å²) in [4.78, 5) is 0. The second-order valence-electron chi connectivity index (χ2n) is 4.46. The molecule has 0 saturated carbocycles. The lowest BCUT2D eigenvalue weighted by atomic mass is 10.00. The third-order valence-corrected chi connectivity index (χ3v) is 3.28. The van der Waals surface area contributed by atoms with Crippen LogP contribution in [0.2, 0.25) is 5.02 Å².